The molecule has 0 saturated carbocycles. The van der Waals surface area contributed by atoms with Gasteiger partial charge in [-0.2, -0.15) is 0 Å². The van der Waals surface area contributed by atoms with E-state index in [1.807, 2.05) is 0 Å². The van der Waals surface area contributed by atoms with Crippen molar-refractivity contribution in [2.75, 3.05) is 6.61 Å². The number of ether oxygens (including phenoxy) is 1. The van der Waals surface area contributed by atoms with E-state index < -0.39 is 5.97 Å². The number of hydrogen-bond acceptors (Lipinski definition) is 2. The van der Waals surface area contributed by atoms with E-state index in [-0.39, 0.29) is 0 Å². The molecule has 1 aromatic rings. The third-order valence-electron chi connectivity index (χ3n) is 2.92. The average Bonchev–Trinajstić information content (AvgIpc) is 2.36. The number of esters is 1. The van der Waals surface area contributed by atoms with Gasteiger partial charge in [0.25, 0.3) is 0 Å². The molecule has 0 saturated heterocycles. The van der Waals surface area contributed by atoms with Gasteiger partial charge < -0.3 is 4.74 Å². The average molecular weight is 289 g/mol. The Bertz CT molecular complexity index is 405. The summed E-state index contributed by atoms with van der Waals surface area (Å²) >= 11 is 11.7. The highest BCUT2D eigenvalue weighted by Gasteiger charge is 2.12. The molecule has 4 heteroatoms. The standard InChI is InChI=1S/C14H18Cl2O2/c1-3-10(2)5-4-8-18-14(17)12-9-11(15)6-7-13(12)16/h6-7,9-10H,3-5,8H2,1-2H3. The number of rotatable bonds is 6. The largest absolute Gasteiger partial charge is 0.462 e. The molecule has 0 aliphatic rings. The van der Waals surface area contributed by atoms with E-state index in [1.54, 1.807) is 12.1 Å². The first-order valence-electron chi connectivity index (χ1n) is 6.16. The number of carbonyl (C=O) groups is 1. The fourth-order valence-corrected chi connectivity index (χ4v) is 1.90. The van der Waals surface area contributed by atoms with Crippen molar-refractivity contribution in [3.63, 3.8) is 0 Å². The molecule has 0 aliphatic heterocycles. The third-order valence-corrected chi connectivity index (χ3v) is 3.48. The summed E-state index contributed by atoms with van der Waals surface area (Å²) in [4.78, 5) is 11.8. The highest BCUT2D eigenvalue weighted by molar-refractivity contribution is 6.35. The summed E-state index contributed by atoms with van der Waals surface area (Å²) in [5.74, 6) is 0.255. The second-order valence-electron chi connectivity index (χ2n) is 4.42. The minimum absolute atomic E-state index is 0.327. The van der Waals surface area contributed by atoms with Gasteiger partial charge in [-0.3, -0.25) is 0 Å². The first-order valence-corrected chi connectivity index (χ1v) is 6.92. The first kappa shape index (κ1) is 15.3. The summed E-state index contributed by atoms with van der Waals surface area (Å²) in [7, 11) is 0. The van der Waals surface area contributed by atoms with Crippen LogP contribution in [0.4, 0.5) is 0 Å². The van der Waals surface area contributed by atoms with Crippen LogP contribution in [0.1, 0.15) is 43.5 Å². The van der Waals surface area contributed by atoms with E-state index in [2.05, 4.69) is 13.8 Å². The van der Waals surface area contributed by atoms with Crippen molar-refractivity contribution in [3.05, 3.63) is 33.8 Å². The van der Waals surface area contributed by atoms with Crippen LogP contribution in [-0.2, 0) is 4.74 Å². The molecule has 0 spiro atoms. The quantitative estimate of drug-likeness (QED) is 0.545. The zero-order chi connectivity index (χ0) is 13.5. The predicted molar refractivity (Wildman–Crippen MR) is 75.4 cm³/mol. The molecule has 1 rings (SSSR count). The molecule has 0 N–H and O–H groups in total. The van der Waals surface area contributed by atoms with Crippen LogP contribution in [-0.4, -0.2) is 12.6 Å². The zero-order valence-corrected chi connectivity index (χ0v) is 12.2. The van der Waals surface area contributed by atoms with Gasteiger partial charge in [0.05, 0.1) is 17.2 Å². The van der Waals surface area contributed by atoms with Crippen LogP contribution in [0.5, 0.6) is 0 Å². The Morgan fingerprint density at radius 1 is 1.39 bits per heavy atom. The minimum Gasteiger partial charge on any atom is -0.462 e. The van der Waals surface area contributed by atoms with Crippen LogP contribution < -0.4 is 0 Å². The minimum atomic E-state index is -0.411. The van der Waals surface area contributed by atoms with Crippen molar-refractivity contribution in [1.82, 2.24) is 0 Å². The van der Waals surface area contributed by atoms with Gasteiger partial charge in [-0.25, -0.2) is 4.79 Å². The molecular weight excluding hydrogens is 271 g/mol. The maximum absolute atomic E-state index is 11.8. The lowest BCUT2D eigenvalue weighted by Gasteiger charge is -2.09. The summed E-state index contributed by atoms with van der Waals surface area (Å²) in [6, 6.07) is 4.77. The van der Waals surface area contributed by atoms with Crippen LogP contribution in [0.3, 0.4) is 0 Å². The number of halogens is 2. The Morgan fingerprint density at radius 2 is 2.11 bits per heavy atom. The van der Waals surface area contributed by atoms with Gasteiger partial charge in [-0.1, -0.05) is 43.5 Å². The molecule has 0 heterocycles. The Labute approximate surface area is 118 Å². The molecule has 0 bridgehead atoms. The van der Waals surface area contributed by atoms with Crippen molar-refractivity contribution in [1.29, 1.82) is 0 Å². The van der Waals surface area contributed by atoms with Gasteiger partial charge in [0, 0.05) is 5.02 Å². The topological polar surface area (TPSA) is 26.3 Å². The van der Waals surface area contributed by atoms with E-state index in [0.717, 1.165) is 19.3 Å². The van der Waals surface area contributed by atoms with Gasteiger partial charge in [-0.15, -0.1) is 0 Å². The highest BCUT2D eigenvalue weighted by atomic mass is 35.5. The third kappa shape index (κ3) is 4.87. The molecule has 0 fully saturated rings. The van der Waals surface area contributed by atoms with Crippen molar-refractivity contribution < 1.29 is 9.53 Å². The zero-order valence-electron chi connectivity index (χ0n) is 10.7. The Balaban J connectivity index is 2.43. The monoisotopic (exact) mass is 288 g/mol. The molecule has 0 aliphatic carbocycles. The van der Waals surface area contributed by atoms with Gasteiger partial charge in [0.2, 0.25) is 0 Å². The Kier molecular flexibility index (Phi) is 6.51. The Hall–Kier alpha value is -0.730. The maximum Gasteiger partial charge on any atom is 0.339 e. The van der Waals surface area contributed by atoms with Crippen LogP contribution in [0, 0.1) is 5.92 Å². The van der Waals surface area contributed by atoms with E-state index >= 15 is 0 Å². The summed E-state index contributed by atoms with van der Waals surface area (Å²) in [5.41, 5.74) is 0.327. The van der Waals surface area contributed by atoms with Crippen molar-refractivity contribution in [3.8, 4) is 0 Å². The molecule has 100 valence electrons. The lowest BCUT2D eigenvalue weighted by Crippen LogP contribution is -2.08. The summed E-state index contributed by atoms with van der Waals surface area (Å²) < 4.78 is 5.18. The van der Waals surface area contributed by atoms with E-state index in [4.69, 9.17) is 27.9 Å². The van der Waals surface area contributed by atoms with Crippen LogP contribution in [0.25, 0.3) is 0 Å². The fraction of sp³-hybridized carbons (Fsp3) is 0.500. The molecule has 0 radical (unpaired) electrons. The Morgan fingerprint density at radius 3 is 2.78 bits per heavy atom. The molecule has 1 aromatic carbocycles. The maximum atomic E-state index is 11.8. The number of benzene rings is 1. The van der Waals surface area contributed by atoms with Gasteiger partial charge in [0.15, 0.2) is 0 Å². The molecule has 2 nitrogen and oxygen atoms in total. The lowest BCUT2D eigenvalue weighted by molar-refractivity contribution is 0.0494. The van der Waals surface area contributed by atoms with Gasteiger partial charge in [0.1, 0.15) is 0 Å². The van der Waals surface area contributed by atoms with Crippen molar-refractivity contribution in [2.24, 2.45) is 5.92 Å². The predicted octanol–water partition coefficient (Wildman–Crippen LogP) is 4.98. The van der Waals surface area contributed by atoms with Crippen molar-refractivity contribution >= 4 is 29.2 Å². The van der Waals surface area contributed by atoms with Crippen LogP contribution in [0.2, 0.25) is 10.0 Å². The number of hydrogen-bond donors (Lipinski definition) is 0. The van der Waals surface area contributed by atoms with Crippen LogP contribution in [0.15, 0.2) is 18.2 Å². The van der Waals surface area contributed by atoms with E-state index in [9.17, 15) is 4.79 Å². The van der Waals surface area contributed by atoms with Gasteiger partial charge in [-0.05, 0) is 37.0 Å². The van der Waals surface area contributed by atoms with Gasteiger partial charge >= 0.3 is 5.97 Å². The molecule has 0 amide bonds. The molecule has 18 heavy (non-hydrogen) atoms. The highest BCUT2D eigenvalue weighted by Crippen LogP contribution is 2.21. The molecule has 0 aromatic heterocycles. The van der Waals surface area contributed by atoms with Crippen molar-refractivity contribution in [2.45, 2.75) is 33.1 Å². The second kappa shape index (κ2) is 7.65. The normalized spacial score (nSPS) is 12.2. The summed E-state index contributed by atoms with van der Waals surface area (Å²) in [6.45, 7) is 4.77. The van der Waals surface area contributed by atoms with E-state index in [0.29, 0.717) is 28.1 Å². The number of carbonyl (C=O) groups excluding carboxylic acids is 1. The second-order valence-corrected chi connectivity index (χ2v) is 5.26. The lowest BCUT2D eigenvalue weighted by atomic mass is 10.0. The first-order chi connectivity index (χ1) is 8.54. The molecular formula is C14H18Cl2O2. The smallest absolute Gasteiger partial charge is 0.339 e. The summed E-state index contributed by atoms with van der Waals surface area (Å²) in [6.07, 6.45) is 3.08. The molecule has 1 unspecified atom stereocenters. The SMILES string of the molecule is CCC(C)CCCOC(=O)c1cc(Cl)ccc1Cl. The van der Waals surface area contributed by atoms with Crippen LogP contribution >= 0.6 is 23.2 Å². The van der Waals surface area contributed by atoms with E-state index in [1.165, 1.54) is 6.07 Å². The summed E-state index contributed by atoms with van der Waals surface area (Å²) in [5, 5.41) is 0.845. The fourth-order valence-electron chi connectivity index (χ4n) is 1.53. The molecule has 1 atom stereocenters.